The molecule has 4 heteroatoms. The largest absolute Gasteiger partial charge is 0.462 e. The van der Waals surface area contributed by atoms with Gasteiger partial charge >= 0.3 is 5.97 Å². The molecule has 1 unspecified atom stereocenters. The Hall–Kier alpha value is -1.34. The fraction of sp³-hybridized carbons (Fsp3) is 0.692. The van der Waals surface area contributed by atoms with Crippen LogP contribution < -0.4 is 4.90 Å². The average Bonchev–Trinajstić information content (AvgIpc) is 2.26. The van der Waals surface area contributed by atoms with Gasteiger partial charge in [0.25, 0.3) is 0 Å². The molecule has 0 amide bonds. The molecule has 0 bridgehead atoms. The number of hydrogen-bond acceptors (Lipinski definition) is 3. The van der Waals surface area contributed by atoms with Crippen molar-refractivity contribution >= 4 is 5.97 Å². The first kappa shape index (κ1) is 13.7. The highest BCUT2D eigenvalue weighted by molar-refractivity contribution is 5.93. The molecule has 0 saturated carbocycles. The number of nitrogens with one attached hydrogen (secondary N) is 1. The van der Waals surface area contributed by atoms with Crippen molar-refractivity contribution in [1.29, 1.82) is 5.26 Å². The van der Waals surface area contributed by atoms with E-state index >= 15 is 0 Å². The van der Waals surface area contributed by atoms with Gasteiger partial charge in [-0.1, -0.05) is 6.92 Å². The molecule has 17 heavy (non-hydrogen) atoms. The number of ether oxygens (including phenoxy) is 1. The summed E-state index contributed by atoms with van der Waals surface area (Å²) in [6, 6.07) is 2.46. The molecule has 0 aromatic heterocycles. The van der Waals surface area contributed by atoms with Crippen LogP contribution >= 0.6 is 0 Å². The molecule has 1 N–H and O–H groups in total. The summed E-state index contributed by atoms with van der Waals surface area (Å²) in [5, 5.41) is 9.13. The highest BCUT2D eigenvalue weighted by Gasteiger charge is 2.31. The molecule has 0 aliphatic carbocycles. The molecule has 1 saturated heterocycles. The van der Waals surface area contributed by atoms with Gasteiger partial charge in [-0.2, -0.15) is 5.26 Å². The van der Waals surface area contributed by atoms with Crippen LogP contribution in [0.2, 0.25) is 0 Å². The van der Waals surface area contributed by atoms with Gasteiger partial charge in [-0.3, -0.25) is 0 Å². The van der Waals surface area contributed by atoms with Gasteiger partial charge in [0.2, 0.25) is 0 Å². The third kappa shape index (κ3) is 3.07. The Balaban J connectivity index is 3.00. The molecule has 1 rings (SSSR count). The molecule has 1 aliphatic heterocycles. The van der Waals surface area contributed by atoms with Gasteiger partial charge in [0.15, 0.2) is 0 Å². The molecule has 94 valence electrons. The van der Waals surface area contributed by atoms with E-state index in [1.807, 2.05) is 6.07 Å². The van der Waals surface area contributed by atoms with Crippen LogP contribution in [-0.4, -0.2) is 32.2 Å². The minimum atomic E-state index is -0.469. The van der Waals surface area contributed by atoms with E-state index in [0.717, 1.165) is 18.5 Å². The van der Waals surface area contributed by atoms with E-state index < -0.39 is 5.97 Å². The standard InChI is InChI=1S/C13H20N2O2/c1-5-17-13(16)12(7-14)11-6-10(3)15(4)8-9(11)2/h9-10H,5-6,8H2,1-4H3/p+1/t9-,10+/m0/s1. The summed E-state index contributed by atoms with van der Waals surface area (Å²) in [6.45, 7) is 7.23. The smallest absolute Gasteiger partial charge is 0.348 e. The minimum Gasteiger partial charge on any atom is -0.462 e. The van der Waals surface area contributed by atoms with Crippen LogP contribution in [0.1, 0.15) is 27.2 Å². The Labute approximate surface area is 103 Å². The number of carbonyl (C=O) groups is 1. The van der Waals surface area contributed by atoms with Crippen molar-refractivity contribution in [2.75, 3.05) is 20.2 Å². The molecular formula is C13H21N2O2+. The number of carbonyl (C=O) groups excluding carboxylic acids is 1. The van der Waals surface area contributed by atoms with Crippen molar-refractivity contribution in [2.24, 2.45) is 5.92 Å². The van der Waals surface area contributed by atoms with Crippen LogP contribution in [0.15, 0.2) is 11.1 Å². The molecule has 0 radical (unpaired) electrons. The lowest BCUT2D eigenvalue weighted by molar-refractivity contribution is -0.910. The molecule has 1 heterocycles. The normalized spacial score (nSPS) is 31.6. The Morgan fingerprint density at radius 2 is 2.24 bits per heavy atom. The molecule has 0 spiro atoms. The predicted molar refractivity (Wildman–Crippen MR) is 64.3 cm³/mol. The Morgan fingerprint density at radius 3 is 2.76 bits per heavy atom. The fourth-order valence-electron chi connectivity index (χ4n) is 2.31. The van der Waals surface area contributed by atoms with Crippen molar-refractivity contribution < 1.29 is 14.4 Å². The second kappa shape index (κ2) is 5.83. The summed E-state index contributed by atoms with van der Waals surface area (Å²) < 4.78 is 4.93. The summed E-state index contributed by atoms with van der Waals surface area (Å²) in [5.41, 5.74) is 1.18. The molecule has 4 nitrogen and oxygen atoms in total. The van der Waals surface area contributed by atoms with E-state index in [9.17, 15) is 4.79 Å². The summed E-state index contributed by atoms with van der Waals surface area (Å²) in [4.78, 5) is 13.1. The van der Waals surface area contributed by atoms with E-state index in [0.29, 0.717) is 12.6 Å². The monoisotopic (exact) mass is 237 g/mol. The zero-order valence-electron chi connectivity index (χ0n) is 11.0. The van der Waals surface area contributed by atoms with Crippen LogP contribution in [-0.2, 0) is 9.53 Å². The maximum absolute atomic E-state index is 11.7. The van der Waals surface area contributed by atoms with Gasteiger partial charge in [0.05, 0.1) is 26.2 Å². The summed E-state index contributed by atoms with van der Waals surface area (Å²) in [7, 11) is 2.15. The maximum Gasteiger partial charge on any atom is 0.348 e. The lowest BCUT2D eigenvalue weighted by atomic mass is 9.86. The van der Waals surface area contributed by atoms with Gasteiger partial charge in [-0.25, -0.2) is 4.79 Å². The second-order valence-corrected chi connectivity index (χ2v) is 4.79. The van der Waals surface area contributed by atoms with Crippen molar-refractivity contribution in [3.8, 4) is 6.07 Å². The third-order valence-electron chi connectivity index (χ3n) is 3.50. The number of hydrogen-bond donors (Lipinski definition) is 1. The number of likely N-dealkylation sites (tertiary alicyclic amines) is 1. The highest BCUT2D eigenvalue weighted by atomic mass is 16.5. The quantitative estimate of drug-likeness (QED) is 0.427. The fourth-order valence-corrected chi connectivity index (χ4v) is 2.31. The van der Waals surface area contributed by atoms with Crippen LogP contribution in [0, 0.1) is 17.2 Å². The van der Waals surface area contributed by atoms with E-state index in [-0.39, 0.29) is 11.5 Å². The highest BCUT2D eigenvalue weighted by Crippen LogP contribution is 2.23. The number of nitriles is 1. The molecule has 0 aromatic carbocycles. The van der Waals surface area contributed by atoms with Crippen LogP contribution in [0.3, 0.4) is 0 Å². The number of esters is 1. The first-order chi connectivity index (χ1) is 8.01. The maximum atomic E-state index is 11.7. The molecule has 3 atom stereocenters. The van der Waals surface area contributed by atoms with Gasteiger partial charge in [-0.15, -0.1) is 0 Å². The molecule has 1 fully saturated rings. The Kier molecular flexibility index (Phi) is 4.71. The summed E-state index contributed by atoms with van der Waals surface area (Å²) in [5.74, 6) is -0.200. The summed E-state index contributed by atoms with van der Waals surface area (Å²) in [6.07, 6.45) is 0.800. The second-order valence-electron chi connectivity index (χ2n) is 4.79. The van der Waals surface area contributed by atoms with Crippen molar-refractivity contribution in [3.05, 3.63) is 11.1 Å². The number of rotatable bonds is 2. The Morgan fingerprint density at radius 1 is 1.59 bits per heavy atom. The molecule has 1 aliphatic rings. The predicted octanol–water partition coefficient (Wildman–Crippen LogP) is 0.313. The average molecular weight is 237 g/mol. The zero-order valence-corrected chi connectivity index (χ0v) is 11.0. The minimum absolute atomic E-state index is 0.221. The van der Waals surface area contributed by atoms with E-state index in [4.69, 9.17) is 10.00 Å². The zero-order chi connectivity index (χ0) is 13.0. The Bertz CT molecular complexity index is 368. The number of quaternary nitrogens is 1. The van der Waals surface area contributed by atoms with Crippen molar-refractivity contribution in [3.63, 3.8) is 0 Å². The lowest BCUT2D eigenvalue weighted by Gasteiger charge is -2.33. The van der Waals surface area contributed by atoms with Gasteiger partial charge in [0, 0.05) is 12.3 Å². The van der Waals surface area contributed by atoms with Gasteiger partial charge in [-0.05, 0) is 19.4 Å². The first-order valence-electron chi connectivity index (χ1n) is 6.13. The van der Waals surface area contributed by atoms with Crippen LogP contribution in [0.4, 0.5) is 0 Å². The van der Waals surface area contributed by atoms with Gasteiger partial charge < -0.3 is 9.64 Å². The number of nitrogens with zero attached hydrogens (tertiary/aromatic N) is 1. The molecule has 0 aromatic rings. The van der Waals surface area contributed by atoms with Crippen molar-refractivity contribution in [2.45, 2.75) is 33.2 Å². The van der Waals surface area contributed by atoms with E-state index in [1.54, 1.807) is 6.92 Å². The van der Waals surface area contributed by atoms with E-state index in [2.05, 4.69) is 20.9 Å². The molecular weight excluding hydrogens is 216 g/mol. The third-order valence-corrected chi connectivity index (χ3v) is 3.50. The number of piperidine rings is 1. The SMILES string of the molecule is CCOC(=O)C(C#N)=C1C[C@@H](C)[NH+](C)C[C@@H]1C. The topological polar surface area (TPSA) is 54.5 Å². The van der Waals surface area contributed by atoms with Crippen LogP contribution in [0.5, 0.6) is 0 Å². The lowest BCUT2D eigenvalue weighted by Crippen LogP contribution is -3.14. The van der Waals surface area contributed by atoms with E-state index in [1.165, 1.54) is 4.90 Å². The summed E-state index contributed by atoms with van der Waals surface area (Å²) >= 11 is 0. The first-order valence-corrected chi connectivity index (χ1v) is 6.13. The van der Waals surface area contributed by atoms with Gasteiger partial charge in [0.1, 0.15) is 11.6 Å². The van der Waals surface area contributed by atoms with Crippen molar-refractivity contribution in [1.82, 2.24) is 0 Å². The van der Waals surface area contributed by atoms with Crippen LogP contribution in [0.25, 0.3) is 0 Å².